The summed E-state index contributed by atoms with van der Waals surface area (Å²) in [6.45, 7) is 0.969. The molecule has 4 aromatic rings. The Balaban J connectivity index is 1.24. The number of guanidine groups is 1. The van der Waals surface area contributed by atoms with Crippen molar-refractivity contribution >= 4 is 34.9 Å². The minimum atomic E-state index is -2.89. The van der Waals surface area contributed by atoms with Gasteiger partial charge in [-0.05, 0) is 55.0 Å². The summed E-state index contributed by atoms with van der Waals surface area (Å²) in [5.41, 5.74) is 14.8. The number of hydrogen-bond acceptors (Lipinski definition) is 7. The number of halogens is 2. The Bertz CT molecular complexity index is 1640. The van der Waals surface area contributed by atoms with Crippen LogP contribution in [0.3, 0.4) is 0 Å². The van der Waals surface area contributed by atoms with Crippen molar-refractivity contribution in [2.45, 2.75) is 20.0 Å². The van der Waals surface area contributed by atoms with Crippen LogP contribution in [0.4, 0.5) is 20.3 Å². The molecule has 0 saturated carbocycles. The lowest BCUT2D eigenvalue weighted by Crippen LogP contribution is -2.50. The second kappa shape index (κ2) is 12.7. The van der Waals surface area contributed by atoms with Crippen LogP contribution in [-0.4, -0.2) is 81.3 Å². The number of benzene rings is 2. The fraction of sp³-hybridized carbons (Fsp3) is 0.276. The van der Waals surface area contributed by atoms with Gasteiger partial charge in [-0.3, -0.25) is 19.0 Å². The first kappa shape index (κ1) is 29.2. The number of aryl methyl sites for hydroxylation is 1. The van der Waals surface area contributed by atoms with Crippen molar-refractivity contribution in [3.63, 3.8) is 0 Å². The van der Waals surface area contributed by atoms with Crippen molar-refractivity contribution < 1.29 is 23.1 Å². The Hall–Kier alpha value is -5.27. The topological polar surface area (TPSA) is 156 Å². The molecule has 1 fully saturated rings. The molecule has 2 aromatic carbocycles. The number of carbonyl (C=O) groups excluding carboxylic acids is 2. The smallest absolute Gasteiger partial charge is 0.387 e. The zero-order chi connectivity index (χ0) is 30.5. The van der Waals surface area contributed by atoms with Gasteiger partial charge in [0.15, 0.2) is 17.4 Å². The van der Waals surface area contributed by atoms with Gasteiger partial charge in [0, 0.05) is 61.8 Å². The van der Waals surface area contributed by atoms with E-state index in [0.717, 1.165) is 22.5 Å². The number of piperazine rings is 1. The maximum Gasteiger partial charge on any atom is 0.387 e. The fourth-order valence-electron chi connectivity index (χ4n) is 4.91. The van der Waals surface area contributed by atoms with E-state index in [0.29, 0.717) is 43.2 Å². The molecule has 2 aromatic heterocycles. The molecule has 1 aliphatic rings. The summed E-state index contributed by atoms with van der Waals surface area (Å²) < 4.78 is 31.3. The number of aromatic nitrogens is 3. The second-order valence-corrected chi connectivity index (χ2v) is 9.90. The fourth-order valence-corrected chi connectivity index (χ4v) is 4.91. The third-order valence-electron chi connectivity index (χ3n) is 7.06. The number of nitrogens with two attached hydrogens (primary N) is 2. The van der Waals surface area contributed by atoms with Crippen molar-refractivity contribution in [3.05, 3.63) is 72.2 Å². The highest BCUT2D eigenvalue weighted by molar-refractivity contribution is 5.96. The summed E-state index contributed by atoms with van der Waals surface area (Å²) in [6.07, 6.45) is 5.28. The van der Waals surface area contributed by atoms with E-state index in [4.69, 9.17) is 11.5 Å². The van der Waals surface area contributed by atoms with E-state index in [1.54, 1.807) is 52.7 Å². The van der Waals surface area contributed by atoms with E-state index in [2.05, 4.69) is 25.0 Å². The first-order valence-corrected chi connectivity index (χ1v) is 13.6. The van der Waals surface area contributed by atoms with E-state index < -0.39 is 6.61 Å². The highest BCUT2D eigenvalue weighted by Gasteiger charge is 2.25. The predicted molar refractivity (Wildman–Crippen MR) is 157 cm³/mol. The number of fused-ring (bicyclic) bond motifs is 1. The van der Waals surface area contributed by atoms with Crippen LogP contribution in [0.25, 0.3) is 16.9 Å². The minimum absolute atomic E-state index is 0.0468. The number of amides is 2. The molecule has 0 bridgehead atoms. The van der Waals surface area contributed by atoms with Crippen molar-refractivity contribution in [2.75, 3.05) is 38.0 Å². The van der Waals surface area contributed by atoms with E-state index >= 15 is 0 Å². The molecule has 43 heavy (non-hydrogen) atoms. The van der Waals surface area contributed by atoms with E-state index in [1.807, 2.05) is 17.4 Å². The summed E-state index contributed by atoms with van der Waals surface area (Å²) in [5.74, 6) is 0.385. The largest absolute Gasteiger partial charge is 0.435 e. The van der Waals surface area contributed by atoms with Gasteiger partial charge in [-0.2, -0.15) is 8.78 Å². The SMILES string of the molecule is Cc1cc(Nc2nccn3c(-c4ccc(OC(F)F)cc4)cnc23)ccc1C(=O)N1CCN(C(=O)CCN=C(N)N)CC1. The van der Waals surface area contributed by atoms with Gasteiger partial charge in [0.05, 0.1) is 18.4 Å². The normalized spacial score (nSPS) is 13.3. The van der Waals surface area contributed by atoms with Crippen LogP contribution in [0.1, 0.15) is 22.3 Å². The van der Waals surface area contributed by atoms with Crippen LogP contribution in [0.2, 0.25) is 0 Å². The predicted octanol–water partition coefficient (Wildman–Crippen LogP) is 3.00. The molecule has 5 rings (SSSR count). The van der Waals surface area contributed by atoms with Gasteiger partial charge < -0.3 is 31.3 Å². The van der Waals surface area contributed by atoms with Gasteiger partial charge >= 0.3 is 6.61 Å². The molecule has 5 N–H and O–H groups in total. The zero-order valence-corrected chi connectivity index (χ0v) is 23.4. The van der Waals surface area contributed by atoms with Crippen molar-refractivity contribution in [1.29, 1.82) is 0 Å². The zero-order valence-electron chi connectivity index (χ0n) is 23.4. The molecular weight excluding hydrogens is 560 g/mol. The second-order valence-electron chi connectivity index (χ2n) is 9.90. The Kier molecular flexibility index (Phi) is 8.64. The molecule has 14 heteroatoms. The third kappa shape index (κ3) is 6.80. The average Bonchev–Trinajstić information content (AvgIpc) is 3.42. The number of aliphatic imine (C=N–C) groups is 1. The maximum absolute atomic E-state index is 13.3. The lowest BCUT2D eigenvalue weighted by atomic mass is 10.1. The van der Waals surface area contributed by atoms with Crippen LogP contribution < -0.4 is 21.5 Å². The Morgan fingerprint density at radius 3 is 2.44 bits per heavy atom. The Morgan fingerprint density at radius 1 is 1.05 bits per heavy atom. The number of imidazole rings is 1. The summed E-state index contributed by atoms with van der Waals surface area (Å²) >= 11 is 0. The molecule has 0 radical (unpaired) electrons. The van der Waals surface area contributed by atoms with Gasteiger partial charge in [-0.1, -0.05) is 0 Å². The number of rotatable bonds is 9. The highest BCUT2D eigenvalue weighted by atomic mass is 19.3. The lowest BCUT2D eigenvalue weighted by Gasteiger charge is -2.35. The molecule has 0 spiro atoms. The molecule has 2 amide bonds. The first-order chi connectivity index (χ1) is 20.7. The van der Waals surface area contributed by atoms with Gasteiger partial charge in [-0.25, -0.2) is 9.97 Å². The number of hydrogen-bond donors (Lipinski definition) is 3. The van der Waals surface area contributed by atoms with Gasteiger partial charge in [0.2, 0.25) is 5.91 Å². The molecule has 0 unspecified atom stereocenters. The van der Waals surface area contributed by atoms with Gasteiger partial charge in [0.25, 0.3) is 5.91 Å². The number of ether oxygens (including phenoxy) is 1. The summed E-state index contributed by atoms with van der Waals surface area (Å²) in [4.78, 5) is 41.9. The number of anilines is 2. The highest BCUT2D eigenvalue weighted by Crippen LogP contribution is 2.28. The molecule has 3 heterocycles. The molecule has 1 aliphatic heterocycles. The Labute approximate surface area is 246 Å². The Morgan fingerprint density at radius 2 is 1.77 bits per heavy atom. The van der Waals surface area contributed by atoms with Crippen molar-refractivity contribution in [1.82, 2.24) is 24.2 Å². The lowest BCUT2D eigenvalue weighted by molar-refractivity contribution is -0.132. The molecule has 0 aliphatic carbocycles. The van der Waals surface area contributed by atoms with Gasteiger partial charge in [-0.15, -0.1) is 0 Å². The minimum Gasteiger partial charge on any atom is -0.435 e. The number of carbonyl (C=O) groups is 2. The number of alkyl halides is 2. The van der Waals surface area contributed by atoms with Crippen LogP contribution in [0.5, 0.6) is 5.75 Å². The summed E-state index contributed by atoms with van der Waals surface area (Å²) in [5, 5.41) is 3.28. The van der Waals surface area contributed by atoms with Crippen molar-refractivity contribution in [2.24, 2.45) is 16.5 Å². The molecule has 1 saturated heterocycles. The molecule has 0 atom stereocenters. The van der Waals surface area contributed by atoms with E-state index in [-0.39, 0.29) is 36.5 Å². The molecule has 12 nitrogen and oxygen atoms in total. The average molecular weight is 592 g/mol. The third-order valence-corrected chi connectivity index (χ3v) is 7.06. The molecule has 224 valence electrons. The van der Waals surface area contributed by atoms with Crippen LogP contribution >= 0.6 is 0 Å². The maximum atomic E-state index is 13.3. The van der Waals surface area contributed by atoms with Gasteiger partial charge in [0.1, 0.15) is 5.75 Å². The first-order valence-electron chi connectivity index (χ1n) is 13.6. The standard InChI is InChI=1S/C29H31F2N9O3/c1-18-16-20(4-7-22(18)27(42)39-14-12-38(13-15-39)24(41)8-9-35-29(32)33)37-25-26-36-17-23(40(26)11-10-34-25)19-2-5-21(6-3-19)43-28(30)31/h2-7,10-11,16-17,28H,8-9,12-15H2,1H3,(H,34,37)(H4,32,33,35). The number of nitrogens with zero attached hydrogens (tertiary/aromatic N) is 6. The van der Waals surface area contributed by atoms with Crippen LogP contribution in [-0.2, 0) is 4.79 Å². The van der Waals surface area contributed by atoms with E-state index in [9.17, 15) is 18.4 Å². The quantitative estimate of drug-likeness (QED) is 0.198. The van der Waals surface area contributed by atoms with Crippen LogP contribution in [0, 0.1) is 6.92 Å². The molecular formula is C29H31F2N9O3. The van der Waals surface area contributed by atoms with Crippen molar-refractivity contribution in [3.8, 4) is 17.0 Å². The summed E-state index contributed by atoms with van der Waals surface area (Å²) in [6, 6.07) is 11.8. The monoisotopic (exact) mass is 591 g/mol. The van der Waals surface area contributed by atoms with Crippen LogP contribution in [0.15, 0.2) is 66.0 Å². The number of nitrogens with one attached hydrogen (secondary N) is 1. The summed E-state index contributed by atoms with van der Waals surface area (Å²) in [7, 11) is 0. The van der Waals surface area contributed by atoms with E-state index in [1.165, 1.54) is 12.1 Å².